The zero-order chi connectivity index (χ0) is 21.6. The van der Waals surface area contributed by atoms with Crippen molar-refractivity contribution in [1.29, 1.82) is 0 Å². The second-order valence-corrected chi connectivity index (χ2v) is 7.26. The van der Waals surface area contributed by atoms with E-state index in [1.807, 2.05) is 79.7 Å². The Balaban J connectivity index is 1.59. The number of carbonyl (C=O) groups is 1. The molecule has 4 rings (SSSR count). The second kappa shape index (κ2) is 9.26. The molecule has 0 spiro atoms. The van der Waals surface area contributed by atoms with E-state index in [1.54, 1.807) is 11.8 Å². The molecule has 31 heavy (non-hydrogen) atoms. The molecule has 0 aliphatic carbocycles. The summed E-state index contributed by atoms with van der Waals surface area (Å²) in [6.07, 6.45) is 0.680. The van der Waals surface area contributed by atoms with Gasteiger partial charge in [-0.2, -0.15) is 0 Å². The number of nitrogens with one attached hydrogen (secondary N) is 1. The van der Waals surface area contributed by atoms with Gasteiger partial charge in [-0.05, 0) is 36.6 Å². The Hall–Kier alpha value is -3.93. The van der Waals surface area contributed by atoms with Crippen LogP contribution in [0.5, 0.6) is 5.75 Å². The van der Waals surface area contributed by atoms with Crippen LogP contribution in [0.3, 0.4) is 0 Å². The first kappa shape index (κ1) is 20.3. The van der Waals surface area contributed by atoms with Crippen LogP contribution >= 0.6 is 0 Å². The van der Waals surface area contributed by atoms with Crippen molar-refractivity contribution < 1.29 is 9.53 Å². The van der Waals surface area contributed by atoms with Crippen LogP contribution in [0, 0.1) is 6.92 Å². The number of ether oxygens (including phenoxy) is 1. The van der Waals surface area contributed by atoms with Crippen LogP contribution < -0.4 is 10.1 Å². The minimum atomic E-state index is -0.253. The molecule has 6 nitrogen and oxygen atoms in total. The van der Waals surface area contributed by atoms with Crippen LogP contribution in [-0.4, -0.2) is 28.0 Å². The number of nitrogens with zero attached hydrogens (tertiary/aromatic N) is 3. The van der Waals surface area contributed by atoms with Crippen molar-refractivity contribution in [3.05, 3.63) is 107 Å². The highest BCUT2D eigenvalue weighted by molar-refractivity contribution is 5.93. The van der Waals surface area contributed by atoms with Gasteiger partial charge in [-0.1, -0.05) is 71.9 Å². The third-order valence-electron chi connectivity index (χ3n) is 5.20. The smallest absolute Gasteiger partial charge is 0.274 e. The minimum Gasteiger partial charge on any atom is -0.497 e. The number of hydrogen-bond acceptors (Lipinski definition) is 4. The van der Waals surface area contributed by atoms with Gasteiger partial charge in [0, 0.05) is 6.07 Å². The molecule has 0 radical (unpaired) electrons. The van der Waals surface area contributed by atoms with Gasteiger partial charge >= 0.3 is 0 Å². The molecule has 1 atom stereocenters. The number of amides is 1. The number of aromatic nitrogens is 3. The summed E-state index contributed by atoms with van der Waals surface area (Å²) in [6.45, 7) is 1.84. The van der Waals surface area contributed by atoms with Crippen LogP contribution in [0.15, 0.2) is 84.9 Å². The van der Waals surface area contributed by atoms with Gasteiger partial charge in [-0.25, -0.2) is 4.68 Å². The maximum absolute atomic E-state index is 13.2. The standard InChI is InChI=1S/C25H24N4O2/c1-18-24(27-28-29(18)21-14-9-15-22(17-21)31-2)25(30)26-23(20-12-7-4-8-13-20)16-19-10-5-3-6-11-19/h3-15,17,23H,16H2,1-2H3,(H,26,30). The van der Waals surface area contributed by atoms with E-state index < -0.39 is 0 Å². The highest BCUT2D eigenvalue weighted by atomic mass is 16.5. The Kier molecular flexibility index (Phi) is 6.08. The normalized spacial score (nSPS) is 11.7. The number of benzene rings is 3. The number of rotatable bonds is 7. The average molecular weight is 412 g/mol. The van der Waals surface area contributed by atoms with Crippen LogP contribution in [0.2, 0.25) is 0 Å². The van der Waals surface area contributed by atoms with Crippen LogP contribution in [0.4, 0.5) is 0 Å². The first-order valence-corrected chi connectivity index (χ1v) is 10.1. The summed E-state index contributed by atoms with van der Waals surface area (Å²) in [4.78, 5) is 13.2. The molecule has 0 saturated heterocycles. The first-order valence-electron chi connectivity index (χ1n) is 10.1. The molecule has 156 valence electrons. The topological polar surface area (TPSA) is 69.0 Å². The fraction of sp³-hybridized carbons (Fsp3) is 0.160. The van der Waals surface area contributed by atoms with Gasteiger partial charge in [0.1, 0.15) is 5.75 Å². The maximum atomic E-state index is 13.2. The van der Waals surface area contributed by atoms with E-state index in [0.29, 0.717) is 23.6 Å². The lowest BCUT2D eigenvalue weighted by Crippen LogP contribution is -2.30. The summed E-state index contributed by atoms with van der Waals surface area (Å²) in [7, 11) is 1.61. The Morgan fingerprint density at radius 3 is 2.42 bits per heavy atom. The summed E-state index contributed by atoms with van der Waals surface area (Å²) >= 11 is 0. The summed E-state index contributed by atoms with van der Waals surface area (Å²) in [6, 6.07) is 27.4. The molecule has 0 aliphatic heterocycles. The molecular weight excluding hydrogens is 388 g/mol. The lowest BCUT2D eigenvalue weighted by Gasteiger charge is -2.19. The highest BCUT2D eigenvalue weighted by Gasteiger charge is 2.22. The zero-order valence-corrected chi connectivity index (χ0v) is 17.5. The van der Waals surface area contributed by atoms with Gasteiger partial charge in [0.05, 0.1) is 24.5 Å². The van der Waals surface area contributed by atoms with Crippen LogP contribution in [0.25, 0.3) is 5.69 Å². The van der Waals surface area contributed by atoms with E-state index >= 15 is 0 Å². The Labute approximate surface area is 181 Å². The third-order valence-corrected chi connectivity index (χ3v) is 5.20. The predicted octanol–water partition coefficient (Wildman–Crippen LogP) is 4.30. The van der Waals surface area contributed by atoms with Crippen LogP contribution in [-0.2, 0) is 6.42 Å². The van der Waals surface area contributed by atoms with Crippen molar-refractivity contribution in [2.45, 2.75) is 19.4 Å². The summed E-state index contributed by atoms with van der Waals surface area (Å²) in [5.74, 6) is 0.460. The van der Waals surface area contributed by atoms with Gasteiger partial charge < -0.3 is 10.1 Å². The lowest BCUT2D eigenvalue weighted by molar-refractivity contribution is 0.0930. The van der Waals surface area contributed by atoms with Gasteiger partial charge in [0.2, 0.25) is 0 Å². The van der Waals surface area contributed by atoms with Crippen molar-refractivity contribution in [3.8, 4) is 11.4 Å². The molecule has 4 aromatic rings. The average Bonchev–Trinajstić information content (AvgIpc) is 3.21. The molecule has 6 heteroatoms. The van der Waals surface area contributed by atoms with Crippen molar-refractivity contribution in [3.63, 3.8) is 0 Å². The van der Waals surface area contributed by atoms with Gasteiger partial charge in [0.15, 0.2) is 5.69 Å². The minimum absolute atomic E-state index is 0.183. The van der Waals surface area contributed by atoms with E-state index in [2.05, 4.69) is 27.8 Å². The fourth-order valence-corrected chi connectivity index (χ4v) is 3.54. The Morgan fingerprint density at radius 2 is 1.71 bits per heavy atom. The molecule has 0 saturated carbocycles. The summed E-state index contributed by atoms with van der Waals surface area (Å²) in [5.41, 5.74) is 3.94. The molecule has 0 fully saturated rings. The van der Waals surface area contributed by atoms with Gasteiger partial charge in [-0.3, -0.25) is 4.79 Å². The molecule has 1 aromatic heterocycles. The van der Waals surface area contributed by atoms with Crippen molar-refractivity contribution >= 4 is 5.91 Å². The molecular formula is C25H24N4O2. The van der Waals surface area contributed by atoms with E-state index in [9.17, 15) is 4.79 Å². The summed E-state index contributed by atoms with van der Waals surface area (Å²) < 4.78 is 6.93. The number of hydrogen-bond donors (Lipinski definition) is 1. The summed E-state index contributed by atoms with van der Waals surface area (Å²) in [5, 5.41) is 11.5. The maximum Gasteiger partial charge on any atom is 0.274 e. The highest BCUT2D eigenvalue weighted by Crippen LogP contribution is 2.21. The fourth-order valence-electron chi connectivity index (χ4n) is 3.54. The molecule has 1 heterocycles. The molecule has 1 unspecified atom stereocenters. The van der Waals surface area contributed by atoms with E-state index in [4.69, 9.17) is 4.74 Å². The predicted molar refractivity (Wildman–Crippen MR) is 119 cm³/mol. The zero-order valence-electron chi connectivity index (χ0n) is 17.5. The van der Waals surface area contributed by atoms with E-state index in [-0.39, 0.29) is 11.9 Å². The molecule has 3 aromatic carbocycles. The van der Waals surface area contributed by atoms with Crippen molar-refractivity contribution in [2.75, 3.05) is 7.11 Å². The van der Waals surface area contributed by atoms with E-state index in [1.165, 1.54) is 0 Å². The number of carbonyl (C=O) groups excluding carboxylic acids is 1. The molecule has 1 N–H and O–H groups in total. The largest absolute Gasteiger partial charge is 0.497 e. The van der Waals surface area contributed by atoms with Gasteiger partial charge in [0.25, 0.3) is 5.91 Å². The molecule has 1 amide bonds. The SMILES string of the molecule is COc1cccc(-n2nnc(C(=O)NC(Cc3ccccc3)c3ccccc3)c2C)c1. The van der Waals surface area contributed by atoms with Gasteiger partial charge in [-0.15, -0.1) is 5.10 Å². The Bertz CT molecular complexity index is 1160. The van der Waals surface area contributed by atoms with Crippen molar-refractivity contribution in [2.24, 2.45) is 0 Å². The third kappa shape index (κ3) is 4.64. The quantitative estimate of drug-likeness (QED) is 0.491. The molecule has 0 bridgehead atoms. The molecule has 0 aliphatic rings. The first-order chi connectivity index (χ1) is 15.2. The monoisotopic (exact) mass is 412 g/mol. The second-order valence-electron chi connectivity index (χ2n) is 7.26. The van der Waals surface area contributed by atoms with Crippen molar-refractivity contribution in [1.82, 2.24) is 20.3 Å². The van der Waals surface area contributed by atoms with E-state index in [0.717, 1.165) is 16.8 Å². The van der Waals surface area contributed by atoms with Crippen LogP contribution in [0.1, 0.15) is 33.4 Å². The lowest BCUT2D eigenvalue weighted by atomic mass is 9.98. The Morgan fingerprint density at radius 1 is 1.00 bits per heavy atom. The number of methoxy groups -OCH3 is 1.